The number of amides is 1. The van der Waals surface area contributed by atoms with Crippen LogP contribution in [0.1, 0.15) is 0 Å². The zero-order valence-electron chi connectivity index (χ0n) is 10.7. The molecule has 0 atom stereocenters. The van der Waals surface area contributed by atoms with Crippen LogP contribution in [0.2, 0.25) is 15.1 Å². The Kier molecular flexibility index (Phi) is 5.65. The zero-order chi connectivity index (χ0) is 15.4. The van der Waals surface area contributed by atoms with Crippen LogP contribution in [0.4, 0.5) is 11.4 Å². The van der Waals surface area contributed by atoms with Gasteiger partial charge in [-0.25, -0.2) is 0 Å². The molecule has 21 heavy (non-hydrogen) atoms. The van der Waals surface area contributed by atoms with Crippen LogP contribution in [0.25, 0.3) is 0 Å². The van der Waals surface area contributed by atoms with Gasteiger partial charge in [-0.3, -0.25) is 4.79 Å². The average Bonchev–Trinajstić information content (AvgIpc) is 2.42. The summed E-state index contributed by atoms with van der Waals surface area (Å²) in [7, 11) is 0. The Morgan fingerprint density at radius 1 is 1.10 bits per heavy atom. The number of carbonyl (C=O) groups is 1. The summed E-state index contributed by atoms with van der Waals surface area (Å²) in [6.45, 7) is 0. The van der Waals surface area contributed by atoms with E-state index in [1.54, 1.807) is 36.4 Å². The fourth-order valence-electron chi connectivity index (χ4n) is 1.57. The molecule has 0 spiro atoms. The van der Waals surface area contributed by atoms with E-state index >= 15 is 0 Å². The number of halogens is 3. The van der Waals surface area contributed by atoms with E-state index in [1.165, 1.54) is 11.8 Å². The van der Waals surface area contributed by atoms with Gasteiger partial charge < -0.3 is 11.1 Å². The largest absolute Gasteiger partial charge is 0.398 e. The van der Waals surface area contributed by atoms with Crippen molar-refractivity contribution in [1.82, 2.24) is 0 Å². The zero-order valence-corrected chi connectivity index (χ0v) is 13.8. The van der Waals surface area contributed by atoms with Crippen molar-refractivity contribution in [1.29, 1.82) is 0 Å². The van der Waals surface area contributed by atoms with Gasteiger partial charge in [-0.15, -0.1) is 11.8 Å². The Morgan fingerprint density at radius 3 is 2.48 bits per heavy atom. The first-order valence-corrected chi connectivity index (χ1v) is 8.00. The number of hydrogen-bond donors (Lipinski definition) is 2. The molecule has 3 N–H and O–H groups in total. The number of benzene rings is 2. The molecule has 110 valence electrons. The summed E-state index contributed by atoms with van der Waals surface area (Å²) in [5.41, 5.74) is 6.86. The van der Waals surface area contributed by atoms with E-state index in [-0.39, 0.29) is 11.7 Å². The molecule has 2 rings (SSSR count). The number of rotatable bonds is 4. The Morgan fingerprint density at radius 2 is 1.76 bits per heavy atom. The van der Waals surface area contributed by atoms with Crippen molar-refractivity contribution in [2.75, 3.05) is 16.8 Å². The van der Waals surface area contributed by atoms with Crippen LogP contribution in [0.5, 0.6) is 0 Å². The normalized spacial score (nSPS) is 10.4. The van der Waals surface area contributed by atoms with E-state index in [9.17, 15) is 4.79 Å². The topological polar surface area (TPSA) is 55.1 Å². The molecular weight excluding hydrogens is 351 g/mol. The first-order valence-electron chi connectivity index (χ1n) is 5.88. The predicted molar refractivity (Wildman–Crippen MR) is 91.7 cm³/mol. The molecule has 0 aliphatic rings. The number of thioether (sulfide) groups is 1. The van der Waals surface area contributed by atoms with E-state index < -0.39 is 0 Å². The molecule has 0 saturated carbocycles. The number of nitrogens with one attached hydrogen (secondary N) is 1. The highest BCUT2D eigenvalue weighted by molar-refractivity contribution is 8.00. The third kappa shape index (κ3) is 4.71. The molecule has 0 radical (unpaired) electrons. The summed E-state index contributed by atoms with van der Waals surface area (Å²) < 4.78 is 0. The molecule has 0 heterocycles. The number of hydrogen-bond acceptors (Lipinski definition) is 3. The van der Waals surface area contributed by atoms with Gasteiger partial charge >= 0.3 is 0 Å². The molecule has 7 heteroatoms. The lowest BCUT2D eigenvalue weighted by Crippen LogP contribution is -2.14. The van der Waals surface area contributed by atoms with Crippen LogP contribution < -0.4 is 11.1 Å². The average molecular weight is 362 g/mol. The predicted octanol–water partition coefficient (Wildman–Crippen LogP) is 4.96. The minimum atomic E-state index is -0.196. The maximum Gasteiger partial charge on any atom is 0.234 e. The van der Waals surface area contributed by atoms with E-state index in [0.29, 0.717) is 26.4 Å². The van der Waals surface area contributed by atoms with Gasteiger partial charge in [0.1, 0.15) is 0 Å². The van der Waals surface area contributed by atoms with Crippen molar-refractivity contribution in [3.63, 3.8) is 0 Å². The standard InChI is InChI=1S/C14H11Cl3N2OS/c15-8-2-4-13(11(18)5-8)21-7-14(20)19-12-6-9(16)1-3-10(12)17/h1-6H,7,18H2,(H,19,20). The summed E-state index contributed by atoms with van der Waals surface area (Å²) in [5, 5.41) is 4.21. The second-order valence-corrected chi connectivity index (χ2v) is 6.44. The highest BCUT2D eigenvalue weighted by Gasteiger charge is 2.09. The molecule has 0 saturated heterocycles. The molecule has 0 fully saturated rings. The van der Waals surface area contributed by atoms with Crippen LogP contribution in [-0.2, 0) is 4.79 Å². The van der Waals surface area contributed by atoms with Crippen molar-refractivity contribution in [2.45, 2.75) is 4.90 Å². The van der Waals surface area contributed by atoms with Gasteiger partial charge in [-0.05, 0) is 36.4 Å². The van der Waals surface area contributed by atoms with E-state index in [0.717, 1.165) is 4.90 Å². The molecule has 0 aliphatic heterocycles. The van der Waals surface area contributed by atoms with Crippen LogP contribution in [0.15, 0.2) is 41.3 Å². The summed E-state index contributed by atoms with van der Waals surface area (Å²) in [6.07, 6.45) is 0. The maximum absolute atomic E-state index is 11.9. The number of carbonyl (C=O) groups excluding carboxylic acids is 1. The van der Waals surface area contributed by atoms with E-state index in [4.69, 9.17) is 40.5 Å². The van der Waals surface area contributed by atoms with Crippen LogP contribution in [-0.4, -0.2) is 11.7 Å². The van der Waals surface area contributed by atoms with Gasteiger partial charge in [0.05, 0.1) is 16.5 Å². The van der Waals surface area contributed by atoms with Crippen molar-refractivity contribution in [3.8, 4) is 0 Å². The van der Waals surface area contributed by atoms with Crippen molar-refractivity contribution >= 4 is 63.8 Å². The molecule has 1 amide bonds. The van der Waals surface area contributed by atoms with Crippen LogP contribution in [0, 0.1) is 0 Å². The fourth-order valence-corrected chi connectivity index (χ4v) is 2.84. The highest BCUT2D eigenvalue weighted by Crippen LogP contribution is 2.29. The highest BCUT2D eigenvalue weighted by atomic mass is 35.5. The van der Waals surface area contributed by atoms with Crippen molar-refractivity contribution < 1.29 is 4.79 Å². The second kappa shape index (κ2) is 7.27. The van der Waals surface area contributed by atoms with Crippen LogP contribution >= 0.6 is 46.6 Å². The van der Waals surface area contributed by atoms with Gasteiger partial charge in [-0.2, -0.15) is 0 Å². The number of nitrogens with two attached hydrogens (primary N) is 1. The Balaban J connectivity index is 1.97. The number of anilines is 2. The summed E-state index contributed by atoms with van der Waals surface area (Å²) in [5.74, 6) is 0.00723. The summed E-state index contributed by atoms with van der Waals surface area (Å²) in [6, 6.07) is 10.0. The molecule has 3 nitrogen and oxygen atoms in total. The lowest BCUT2D eigenvalue weighted by molar-refractivity contribution is -0.113. The van der Waals surface area contributed by atoms with Crippen LogP contribution in [0.3, 0.4) is 0 Å². The second-order valence-electron chi connectivity index (χ2n) is 4.14. The summed E-state index contributed by atoms with van der Waals surface area (Å²) >= 11 is 19.0. The van der Waals surface area contributed by atoms with Gasteiger partial charge in [0.15, 0.2) is 0 Å². The molecule has 0 aromatic heterocycles. The Bertz CT molecular complexity index is 679. The van der Waals surface area contributed by atoms with Gasteiger partial charge in [0, 0.05) is 20.6 Å². The smallest absolute Gasteiger partial charge is 0.234 e. The van der Waals surface area contributed by atoms with E-state index in [2.05, 4.69) is 5.32 Å². The van der Waals surface area contributed by atoms with Gasteiger partial charge in [-0.1, -0.05) is 34.8 Å². The SMILES string of the molecule is Nc1cc(Cl)ccc1SCC(=O)Nc1cc(Cl)ccc1Cl. The summed E-state index contributed by atoms with van der Waals surface area (Å²) in [4.78, 5) is 12.7. The minimum Gasteiger partial charge on any atom is -0.398 e. The Labute approximate surface area is 141 Å². The third-order valence-electron chi connectivity index (χ3n) is 2.53. The molecule has 2 aromatic carbocycles. The first kappa shape index (κ1) is 16.3. The third-order valence-corrected chi connectivity index (χ3v) is 4.42. The lowest BCUT2D eigenvalue weighted by atomic mass is 10.3. The van der Waals surface area contributed by atoms with Crippen molar-refractivity contribution in [3.05, 3.63) is 51.5 Å². The minimum absolute atomic E-state index is 0.196. The molecule has 2 aromatic rings. The molecular formula is C14H11Cl3N2OS. The lowest BCUT2D eigenvalue weighted by Gasteiger charge is -2.08. The fraction of sp³-hybridized carbons (Fsp3) is 0.0714. The van der Waals surface area contributed by atoms with Crippen molar-refractivity contribution in [2.24, 2.45) is 0 Å². The quantitative estimate of drug-likeness (QED) is 0.598. The Hall–Kier alpha value is -1.07. The molecule has 0 unspecified atom stereocenters. The van der Waals surface area contributed by atoms with Gasteiger partial charge in [0.2, 0.25) is 5.91 Å². The number of nitrogen functional groups attached to an aromatic ring is 1. The first-order chi connectivity index (χ1) is 9.95. The maximum atomic E-state index is 11.9. The monoisotopic (exact) mass is 360 g/mol. The molecule has 0 bridgehead atoms. The van der Waals surface area contributed by atoms with Gasteiger partial charge in [0.25, 0.3) is 0 Å². The van der Waals surface area contributed by atoms with E-state index in [1.807, 2.05) is 0 Å². The molecule has 0 aliphatic carbocycles.